The van der Waals surface area contributed by atoms with Crippen LogP contribution in [0.3, 0.4) is 0 Å². The van der Waals surface area contributed by atoms with E-state index in [4.69, 9.17) is 27.9 Å². The minimum atomic E-state index is -0.373. The Hall–Kier alpha value is -2.56. The van der Waals surface area contributed by atoms with Crippen molar-refractivity contribution in [2.75, 3.05) is 6.61 Å². The molecule has 0 aliphatic carbocycles. The quantitative estimate of drug-likeness (QED) is 0.522. The second-order valence-electron chi connectivity index (χ2n) is 5.20. The van der Waals surface area contributed by atoms with Crippen LogP contribution in [-0.2, 0) is 4.79 Å². The molecule has 0 atom stereocenters. The first-order valence-corrected chi connectivity index (χ1v) is 8.27. The minimum Gasteiger partial charge on any atom is -0.483 e. The van der Waals surface area contributed by atoms with E-state index in [9.17, 15) is 4.79 Å². The zero-order valence-electron chi connectivity index (χ0n) is 13.1. The van der Waals surface area contributed by atoms with Crippen LogP contribution in [0.5, 0.6) is 5.75 Å². The van der Waals surface area contributed by atoms with Crippen LogP contribution in [-0.4, -0.2) is 18.7 Å². The Balaban J connectivity index is 1.59. The highest BCUT2D eigenvalue weighted by Crippen LogP contribution is 2.25. The van der Waals surface area contributed by atoms with Crippen LogP contribution in [0, 0.1) is 0 Å². The van der Waals surface area contributed by atoms with E-state index in [1.54, 1.807) is 18.2 Å². The Kier molecular flexibility index (Phi) is 5.53. The normalized spacial score (nSPS) is 11.0. The maximum atomic E-state index is 11.9. The predicted octanol–water partition coefficient (Wildman–Crippen LogP) is 4.68. The van der Waals surface area contributed by atoms with Gasteiger partial charge in [0.15, 0.2) is 6.61 Å². The predicted molar refractivity (Wildman–Crippen MR) is 102 cm³/mol. The third kappa shape index (κ3) is 4.29. The lowest BCUT2D eigenvalue weighted by Crippen LogP contribution is -2.24. The molecule has 0 aromatic heterocycles. The number of amides is 1. The van der Waals surface area contributed by atoms with E-state index in [-0.39, 0.29) is 12.5 Å². The fourth-order valence-corrected chi connectivity index (χ4v) is 2.65. The van der Waals surface area contributed by atoms with E-state index in [0.29, 0.717) is 21.4 Å². The molecule has 1 N–H and O–H groups in total. The van der Waals surface area contributed by atoms with Gasteiger partial charge in [-0.15, -0.1) is 0 Å². The highest BCUT2D eigenvalue weighted by molar-refractivity contribution is 6.43. The van der Waals surface area contributed by atoms with Gasteiger partial charge in [-0.1, -0.05) is 71.7 Å². The van der Waals surface area contributed by atoms with E-state index in [0.717, 1.165) is 10.8 Å². The second kappa shape index (κ2) is 8.01. The van der Waals surface area contributed by atoms with Crippen LogP contribution in [0.1, 0.15) is 5.56 Å². The maximum absolute atomic E-state index is 11.9. The van der Waals surface area contributed by atoms with Crippen molar-refractivity contribution in [1.82, 2.24) is 5.43 Å². The number of ether oxygens (including phenoxy) is 1. The molecule has 0 heterocycles. The van der Waals surface area contributed by atoms with Crippen molar-refractivity contribution >= 4 is 46.1 Å². The zero-order valence-corrected chi connectivity index (χ0v) is 14.6. The molecule has 1 amide bonds. The summed E-state index contributed by atoms with van der Waals surface area (Å²) in [5, 5.41) is 6.68. The molecule has 3 aromatic rings. The second-order valence-corrected chi connectivity index (χ2v) is 5.99. The van der Waals surface area contributed by atoms with E-state index in [2.05, 4.69) is 10.5 Å². The lowest BCUT2D eigenvalue weighted by atomic mass is 10.1. The number of nitrogens with zero attached hydrogens (tertiary/aromatic N) is 1. The van der Waals surface area contributed by atoms with Crippen LogP contribution in [0.25, 0.3) is 10.8 Å². The molecule has 4 nitrogen and oxygen atoms in total. The van der Waals surface area contributed by atoms with Gasteiger partial charge >= 0.3 is 0 Å². The Labute approximate surface area is 155 Å². The first-order chi connectivity index (χ1) is 12.1. The molecule has 126 valence electrons. The van der Waals surface area contributed by atoms with Gasteiger partial charge in [-0.05, 0) is 17.5 Å². The molecular formula is C19H14Cl2N2O2. The number of halogens is 2. The Morgan fingerprint density at radius 1 is 1.04 bits per heavy atom. The van der Waals surface area contributed by atoms with Crippen molar-refractivity contribution in [3.8, 4) is 5.75 Å². The Bertz CT molecular complexity index is 936. The molecule has 0 saturated heterocycles. The van der Waals surface area contributed by atoms with Crippen molar-refractivity contribution < 1.29 is 9.53 Å². The van der Waals surface area contributed by atoms with Crippen molar-refractivity contribution in [1.29, 1.82) is 0 Å². The molecule has 0 bridgehead atoms. The fourth-order valence-electron chi connectivity index (χ4n) is 2.29. The Morgan fingerprint density at radius 3 is 2.68 bits per heavy atom. The Morgan fingerprint density at radius 2 is 1.80 bits per heavy atom. The van der Waals surface area contributed by atoms with Crippen molar-refractivity contribution in [2.45, 2.75) is 0 Å². The number of hydrogen-bond donors (Lipinski definition) is 1. The van der Waals surface area contributed by atoms with Gasteiger partial charge < -0.3 is 4.74 Å². The standard InChI is InChI=1S/C19H14Cl2N2O2/c20-16-9-3-7-14(19(16)21)11-22-23-18(24)12-25-17-10-4-6-13-5-1-2-8-15(13)17/h1-11H,12H2,(H,23,24)/b22-11+. The number of fused-ring (bicyclic) bond motifs is 1. The van der Waals surface area contributed by atoms with Gasteiger partial charge in [-0.25, -0.2) is 5.43 Å². The average Bonchev–Trinajstić information content (AvgIpc) is 2.63. The third-order valence-corrected chi connectivity index (χ3v) is 4.32. The average molecular weight is 373 g/mol. The lowest BCUT2D eigenvalue weighted by Gasteiger charge is -2.08. The van der Waals surface area contributed by atoms with Gasteiger partial charge in [0, 0.05) is 10.9 Å². The summed E-state index contributed by atoms with van der Waals surface area (Å²) in [6.45, 7) is -0.144. The summed E-state index contributed by atoms with van der Waals surface area (Å²) in [7, 11) is 0. The van der Waals surface area contributed by atoms with Gasteiger partial charge in [-0.2, -0.15) is 5.10 Å². The molecule has 0 aliphatic heterocycles. The molecule has 0 saturated carbocycles. The van der Waals surface area contributed by atoms with E-state index >= 15 is 0 Å². The van der Waals surface area contributed by atoms with E-state index in [1.807, 2.05) is 42.5 Å². The zero-order chi connectivity index (χ0) is 17.6. The molecule has 3 aromatic carbocycles. The third-order valence-electron chi connectivity index (χ3n) is 3.48. The van der Waals surface area contributed by atoms with Gasteiger partial charge in [-0.3, -0.25) is 4.79 Å². The number of carbonyl (C=O) groups is 1. The number of hydrazone groups is 1. The molecule has 0 unspecified atom stereocenters. The maximum Gasteiger partial charge on any atom is 0.277 e. The van der Waals surface area contributed by atoms with E-state index < -0.39 is 0 Å². The van der Waals surface area contributed by atoms with Crippen LogP contribution in [0.15, 0.2) is 65.8 Å². The van der Waals surface area contributed by atoms with Gasteiger partial charge in [0.2, 0.25) is 0 Å². The van der Waals surface area contributed by atoms with Crippen molar-refractivity contribution in [2.24, 2.45) is 5.10 Å². The summed E-state index contributed by atoms with van der Waals surface area (Å²) in [6, 6.07) is 18.7. The molecule has 0 radical (unpaired) electrons. The van der Waals surface area contributed by atoms with Gasteiger partial charge in [0.25, 0.3) is 5.91 Å². The summed E-state index contributed by atoms with van der Waals surface area (Å²) in [4.78, 5) is 11.9. The smallest absolute Gasteiger partial charge is 0.277 e. The molecular weight excluding hydrogens is 359 g/mol. The summed E-state index contributed by atoms with van der Waals surface area (Å²) in [5.41, 5.74) is 3.02. The van der Waals surface area contributed by atoms with Crippen LogP contribution < -0.4 is 10.2 Å². The van der Waals surface area contributed by atoms with Gasteiger partial charge in [0.05, 0.1) is 16.3 Å². The minimum absolute atomic E-state index is 0.144. The number of rotatable bonds is 5. The topological polar surface area (TPSA) is 50.7 Å². The molecule has 25 heavy (non-hydrogen) atoms. The number of benzene rings is 3. The highest BCUT2D eigenvalue weighted by Gasteiger charge is 2.05. The largest absolute Gasteiger partial charge is 0.483 e. The number of carbonyl (C=O) groups excluding carboxylic acids is 1. The molecule has 0 aliphatic rings. The highest BCUT2D eigenvalue weighted by atomic mass is 35.5. The molecule has 0 spiro atoms. The first-order valence-electron chi connectivity index (χ1n) is 7.51. The van der Waals surface area contributed by atoms with Crippen molar-refractivity contribution in [3.63, 3.8) is 0 Å². The summed E-state index contributed by atoms with van der Waals surface area (Å²) in [6.07, 6.45) is 1.43. The van der Waals surface area contributed by atoms with Crippen LogP contribution >= 0.6 is 23.2 Å². The lowest BCUT2D eigenvalue weighted by molar-refractivity contribution is -0.123. The molecule has 6 heteroatoms. The SMILES string of the molecule is O=C(COc1cccc2ccccc12)N/N=C/c1cccc(Cl)c1Cl. The summed E-state index contributed by atoms with van der Waals surface area (Å²) in [5.74, 6) is 0.275. The van der Waals surface area contributed by atoms with Crippen LogP contribution in [0.2, 0.25) is 10.0 Å². The molecule has 3 rings (SSSR count). The number of hydrogen-bond acceptors (Lipinski definition) is 3. The molecule has 0 fully saturated rings. The fraction of sp³-hybridized carbons (Fsp3) is 0.0526. The first kappa shape index (κ1) is 17.3. The van der Waals surface area contributed by atoms with Crippen LogP contribution in [0.4, 0.5) is 0 Å². The van der Waals surface area contributed by atoms with Crippen molar-refractivity contribution in [3.05, 3.63) is 76.3 Å². The van der Waals surface area contributed by atoms with E-state index in [1.165, 1.54) is 6.21 Å². The number of nitrogens with one attached hydrogen (secondary N) is 1. The summed E-state index contributed by atoms with van der Waals surface area (Å²) < 4.78 is 5.59. The van der Waals surface area contributed by atoms with Gasteiger partial charge in [0.1, 0.15) is 5.75 Å². The summed E-state index contributed by atoms with van der Waals surface area (Å²) >= 11 is 12.0. The monoisotopic (exact) mass is 372 g/mol.